The van der Waals surface area contributed by atoms with Gasteiger partial charge in [0.25, 0.3) is 0 Å². The Hall–Kier alpha value is -2.06. The molecule has 0 aliphatic heterocycles. The number of nitrogens with one attached hydrogen (secondary N) is 2. The van der Waals surface area contributed by atoms with Gasteiger partial charge in [-0.2, -0.15) is 5.26 Å². The van der Waals surface area contributed by atoms with Crippen molar-refractivity contribution in [2.75, 3.05) is 20.2 Å². The van der Waals surface area contributed by atoms with Crippen molar-refractivity contribution in [2.24, 2.45) is 0 Å². The quantitative estimate of drug-likeness (QED) is 0.727. The smallest absolute Gasteiger partial charge is 0.216 e. The number of carbonyl (C=O) groups excluding carboxylic acids is 1. The van der Waals surface area contributed by atoms with Crippen molar-refractivity contribution in [3.63, 3.8) is 0 Å². The van der Waals surface area contributed by atoms with Crippen LogP contribution in [0.5, 0.6) is 5.75 Å². The highest BCUT2D eigenvalue weighted by atomic mass is 16.5. The highest BCUT2D eigenvalue weighted by molar-refractivity contribution is 5.72. The predicted octanol–water partition coefficient (Wildman–Crippen LogP) is 1.38. The normalized spacial score (nSPS) is 11.4. The zero-order valence-electron chi connectivity index (χ0n) is 11.3. The van der Waals surface area contributed by atoms with E-state index in [1.807, 2.05) is 24.3 Å². The maximum Gasteiger partial charge on any atom is 0.216 e. The molecule has 1 unspecified atom stereocenters. The average molecular weight is 261 g/mol. The van der Waals surface area contributed by atoms with Crippen molar-refractivity contribution in [3.05, 3.63) is 29.8 Å². The summed E-state index contributed by atoms with van der Waals surface area (Å²) in [5, 5.41) is 15.0. The molecule has 2 N–H and O–H groups in total. The van der Waals surface area contributed by atoms with Gasteiger partial charge in [-0.3, -0.25) is 10.1 Å². The fourth-order valence-electron chi connectivity index (χ4n) is 1.63. The van der Waals surface area contributed by atoms with E-state index in [1.54, 1.807) is 7.11 Å². The number of nitriles is 1. The molecular weight excluding hydrogens is 242 g/mol. The fraction of sp³-hybridized carbons (Fsp3) is 0.429. The van der Waals surface area contributed by atoms with Crippen LogP contribution in [0.2, 0.25) is 0 Å². The fourth-order valence-corrected chi connectivity index (χ4v) is 1.63. The minimum atomic E-state index is -0.344. The summed E-state index contributed by atoms with van der Waals surface area (Å²) in [7, 11) is 1.61. The van der Waals surface area contributed by atoms with Crippen LogP contribution in [0.25, 0.3) is 0 Å². The maximum atomic E-state index is 10.7. The van der Waals surface area contributed by atoms with Gasteiger partial charge in [-0.15, -0.1) is 0 Å². The Morgan fingerprint density at radius 1 is 1.37 bits per heavy atom. The predicted molar refractivity (Wildman–Crippen MR) is 72.7 cm³/mol. The lowest BCUT2D eigenvalue weighted by Crippen LogP contribution is -2.27. The first-order chi connectivity index (χ1) is 9.17. The minimum Gasteiger partial charge on any atom is -0.497 e. The molecule has 0 radical (unpaired) electrons. The Morgan fingerprint density at radius 2 is 2.05 bits per heavy atom. The van der Waals surface area contributed by atoms with Gasteiger partial charge in [0.15, 0.2) is 0 Å². The Kier molecular flexibility index (Phi) is 6.41. The summed E-state index contributed by atoms with van der Waals surface area (Å²) in [5.74, 6) is 0.734. The number of hydrogen-bond acceptors (Lipinski definition) is 4. The van der Waals surface area contributed by atoms with E-state index >= 15 is 0 Å². The van der Waals surface area contributed by atoms with Crippen molar-refractivity contribution < 1.29 is 9.53 Å². The molecule has 0 saturated carbocycles. The van der Waals surface area contributed by atoms with Gasteiger partial charge in [-0.05, 0) is 30.7 Å². The Morgan fingerprint density at radius 3 is 2.58 bits per heavy atom. The Balaban J connectivity index is 2.40. The summed E-state index contributed by atoms with van der Waals surface area (Å²) in [6.07, 6.45) is 0.786. The first-order valence-corrected chi connectivity index (χ1v) is 6.18. The summed E-state index contributed by atoms with van der Waals surface area (Å²) in [5.41, 5.74) is 0.905. The number of benzene rings is 1. The van der Waals surface area contributed by atoms with E-state index < -0.39 is 0 Å². The Labute approximate surface area is 113 Å². The summed E-state index contributed by atoms with van der Waals surface area (Å²) >= 11 is 0. The second-order valence-corrected chi connectivity index (χ2v) is 4.13. The molecule has 0 heterocycles. The van der Waals surface area contributed by atoms with Crippen LogP contribution in [0.4, 0.5) is 0 Å². The second kappa shape index (κ2) is 8.11. The standard InChI is InChI=1S/C14H19N3O2/c1-11(18)16-8-3-9-17-14(10-15)12-4-6-13(19-2)7-5-12/h4-7,14,17H,3,8-9H2,1-2H3,(H,16,18). The molecule has 1 aromatic rings. The first kappa shape index (κ1) is 15.0. The van der Waals surface area contributed by atoms with Gasteiger partial charge in [0, 0.05) is 13.5 Å². The van der Waals surface area contributed by atoms with E-state index in [9.17, 15) is 4.79 Å². The molecule has 0 saturated heterocycles. The lowest BCUT2D eigenvalue weighted by molar-refractivity contribution is -0.118. The van der Waals surface area contributed by atoms with E-state index in [0.717, 1.165) is 17.7 Å². The average Bonchev–Trinajstić information content (AvgIpc) is 2.43. The number of hydrogen-bond donors (Lipinski definition) is 2. The third-order valence-corrected chi connectivity index (χ3v) is 2.65. The van der Waals surface area contributed by atoms with Gasteiger partial charge in [-0.25, -0.2) is 0 Å². The number of methoxy groups -OCH3 is 1. The molecule has 5 nitrogen and oxygen atoms in total. The van der Waals surface area contributed by atoms with Crippen LogP contribution < -0.4 is 15.4 Å². The van der Waals surface area contributed by atoms with Crippen LogP contribution in [-0.4, -0.2) is 26.1 Å². The molecular formula is C14H19N3O2. The van der Waals surface area contributed by atoms with Gasteiger partial charge in [0.1, 0.15) is 11.8 Å². The molecule has 0 aliphatic rings. The van der Waals surface area contributed by atoms with Crippen molar-refractivity contribution >= 4 is 5.91 Å². The van der Waals surface area contributed by atoms with Crippen LogP contribution in [0, 0.1) is 11.3 Å². The van der Waals surface area contributed by atoms with Crippen molar-refractivity contribution in [1.29, 1.82) is 5.26 Å². The first-order valence-electron chi connectivity index (χ1n) is 6.18. The molecule has 102 valence electrons. The van der Waals surface area contributed by atoms with E-state index in [2.05, 4.69) is 16.7 Å². The monoisotopic (exact) mass is 261 g/mol. The van der Waals surface area contributed by atoms with Gasteiger partial charge >= 0.3 is 0 Å². The molecule has 0 fully saturated rings. The molecule has 1 amide bonds. The number of carbonyl (C=O) groups is 1. The maximum absolute atomic E-state index is 10.7. The molecule has 0 aromatic heterocycles. The van der Waals surface area contributed by atoms with Gasteiger partial charge in [-0.1, -0.05) is 12.1 Å². The lowest BCUT2D eigenvalue weighted by atomic mass is 10.1. The highest BCUT2D eigenvalue weighted by Crippen LogP contribution is 2.16. The van der Waals surface area contributed by atoms with Crippen molar-refractivity contribution in [1.82, 2.24) is 10.6 Å². The van der Waals surface area contributed by atoms with E-state index in [0.29, 0.717) is 13.1 Å². The zero-order valence-corrected chi connectivity index (χ0v) is 11.3. The Bertz CT molecular complexity index is 437. The summed E-state index contributed by atoms with van der Waals surface area (Å²) in [4.78, 5) is 10.7. The van der Waals surface area contributed by atoms with Crippen LogP contribution in [-0.2, 0) is 4.79 Å². The van der Waals surface area contributed by atoms with Crippen molar-refractivity contribution in [2.45, 2.75) is 19.4 Å². The van der Waals surface area contributed by atoms with Gasteiger partial charge in [0.2, 0.25) is 5.91 Å². The zero-order chi connectivity index (χ0) is 14.1. The number of ether oxygens (including phenoxy) is 1. The minimum absolute atomic E-state index is 0.0352. The van der Waals surface area contributed by atoms with E-state index in [-0.39, 0.29) is 11.9 Å². The number of amides is 1. The number of rotatable bonds is 7. The van der Waals surface area contributed by atoms with Crippen LogP contribution >= 0.6 is 0 Å². The third kappa shape index (κ3) is 5.40. The van der Waals surface area contributed by atoms with Crippen LogP contribution in [0.15, 0.2) is 24.3 Å². The van der Waals surface area contributed by atoms with Crippen LogP contribution in [0.3, 0.4) is 0 Å². The SMILES string of the molecule is COc1ccc(C(C#N)NCCCNC(C)=O)cc1. The molecule has 1 atom stereocenters. The molecule has 5 heteroatoms. The highest BCUT2D eigenvalue weighted by Gasteiger charge is 2.09. The topological polar surface area (TPSA) is 74.2 Å². The largest absolute Gasteiger partial charge is 0.497 e. The summed E-state index contributed by atoms with van der Waals surface area (Å²) in [6, 6.07) is 9.27. The molecule has 19 heavy (non-hydrogen) atoms. The van der Waals surface area contributed by atoms with Crippen LogP contribution in [0.1, 0.15) is 24.9 Å². The second-order valence-electron chi connectivity index (χ2n) is 4.13. The number of nitrogens with zero attached hydrogens (tertiary/aromatic N) is 1. The molecule has 0 bridgehead atoms. The van der Waals surface area contributed by atoms with Crippen molar-refractivity contribution in [3.8, 4) is 11.8 Å². The molecule has 1 rings (SSSR count). The van der Waals surface area contributed by atoms with Gasteiger partial charge in [0.05, 0.1) is 13.2 Å². The van der Waals surface area contributed by atoms with Gasteiger partial charge < -0.3 is 10.1 Å². The van der Waals surface area contributed by atoms with E-state index in [1.165, 1.54) is 6.92 Å². The summed E-state index contributed by atoms with van der Waals surface area (Å²) in [6.45, 7) is 2.77. The molecule has 0 aliphatic carbocycles. The third-order valence-electron chi connectivity index (χ3n) is 2.65. The lowest BCUT2D eigenvalue weighted by Gasteiger charge is -2.12. The van der Waals surface area contributed by atoms with E-state index in [4.69, 9.17) is 10.00 Å². The summed E-state index contributed by atoms with van der Waals surface area (Å²) < 4.78 is 5.07. The molecule has 0 spiro atoms. The molecule has 1 aromatic carbocycles.